The number of rotatable bonds is 4. The Labute approximate surface area is 146 Å². The summed E-state index contributed by atoms with van der Waals surface area (Å²) in [6.07, 6.45) is -6.16. The van der Waals surface area contributed by atoms with Gasteiger partial charge in [0.2, 0.25) is 0 Å². The largest absolute Gasteiger partial charge is 0.444 e. The van der Waals surface area contributed by atoms with Crippen molar-refractivity contribution >= 4 is 16.1 Å². The van der Waals surface area contributed by atoms with Gasteiger partial charge >= 0.3 is 27.5 Å². The van der Waals surface area contributed by atoms with Gasteiger partial charge in [0.05, 0.1) is 5.41 Å². The number of ether oxygens (including phenoxy) is 1. The molecule has 0 aromatic carbocycles. The van der Waals surface area contributed by atoms with Crippen molar-refractivity contribution in [3.8, 4) is 0 Å². The molecular formula is C15H17F5O5S. The molecule has 5 nitrogen and oxygen atoms in total. The van der Waals surface area contributed by atoms with Gasteiger partial charge in [-0.3, -0.25) is 9.35 Å². The highest BCUT2D eigenvalue weighted by Gasteiger charge is 2.76. The molecule has 0 radical (unpaired) electrons. The van der Waals surface area contributed by atoms with Crippen molar-refractivity contribution in [1.29, 1.82) is 0 Å². The van der Waals surface area contributed by atoms with E-state index in [9.17, 15) is 35.2 Å². The molecule has 0 saturated heterocycles. The number of hydrogen-bond acceptors (Lipinski definition) is 4. The number of alkyl halides is 5. The van der Waals surface area contributed by atoms with Gasteiger partial charge in [-0.05, 0) is 61.7 Å². The maximum atomic E-state index is 13.7. The lowest BCUT2D eigenvalue weighted by molar-refractivity contribution is -0.275. The van der Waals surface area contributed by atoms with Crippen molar-refractivity contribution in [3.05, 3.63) is 0 Å². The second-order valence-electron chi connectivity index (χ2n) is 8.43. The lowest BCUT2D eigenvalue weighted by atomic mass is 9.38. The molecule has 26 heavy (non-hydrogen) atoms. The first-order valence-corrected chi connectivity index (χ1v) is 9.78. The van der Waals surface area contributed by atoms with Crippen LogP contribution in [0.15, 0.2) is 0 Å². The van der Waals surface area contributed by atoms with Crippen LogP contribution in [-0.2, 0) is 19.6 Å². The maximum absolute atomic E-state index is 13.7. The Bertz CT molecular complexity index is 761. The fourth-order valence-corrected chi connectivity index (χ4v) is 6.94. The summed E-state index contributed by atoms with van der Waals surface area (Å²) in [7, 11) is -6.42. The maximum Gasteiger partial charge on any atom is 0.432 e. The van der Waals surface area contributed by atoms with E-state index >= 15 is 0 Å². The summed E-state index contributed by atoms with van der Waals surface area (Å²) >= 11 is 0. The average molecular weight is 404 g/mol. The highest BCUT2D eigenvalue weighted by molar-refractivity contribution is 7.86. The normalized spacial score (nSPS) is 42.3. The fraction of sp³-hybridized carbons (Fsp3) is 0.933. The zero-order valence-corrected chi connectivity index (χ0v) is 14.2. The third-order valence-corrected chi connectivity index (χ3v) is 7.83. The van der Waals surface area contributed by atoms with Crippen LogP contribution in [0.2, 0.25) is 0 Å². The summed E-state index contributed by atoms with van der Waals surface area (Å²) in [5.74, 6) is -1.07. The fourth-order valence-electron chi connectivity index (χ4n) is 6.49. The van der Waals surface area contributed by atoms with Crippen LogP contribution >= 0.6 is 0 Å². The Balaban J connectivity index is 1.63. The van der Waals surface area contributed by atoms with Gasteiger partial charge in [0.1, 0.15) is 0 Å². The van der Waals surface area contributed by atoms with Gasteiger partial charge in [-0.1, -0.05) is 0 Å². The van der Waals surface area contributed by atoms with Gasteiger partial charge in [0.25, 0.3) is 6.10 Å². The molecule has 4 aliphatic rings. The topological polar surface area (TPSA) is 80.7 Å². The van der Waals surface area contributed by atoms with Gasteiger partial charge in [-0.2, -0.15) is 30.4 Å². The van der Waals surface area contributed by atoms with Crippen LogP contribution in [0.3, 0.4) is 0 Å². The molecule has 148 valence electrons. The molecule has 0 amide bonds. The number of halogens is 5. The predicted molar refractivity (Wildman–Crippen MR) is 75.5 cm³/mol. The number of carbonyl (C=O) groups excluding carboxylic acids is 1. The number of esters is 1. The molecule has 4 fully saturated rings. The van der Waals surface area contributed by atoms with Crippen molar-refractivity contribution in [1.82, 2.24) is 0 Å². The molecule has 6 unspecified atom stereocenters. The van der Waals surface area contributed by atoms with Crippen LogP contribution in [-0.4, -0.2) is 36.5 Å². The van der Waals surface area contributed by atoms with Gasteiger partial charge in [0.15, 0.2) is 0 Å². The molecule has 0 aliphatic heterocycles. The Morgan fingerprint density at radius 1 is 1.08 bits per heavy atom. The molecule has 1 N–H and O–H groups in total. The molecule has 4 rings (SSSR count). The van der Waals surface area contributed by atoms with Crippen LogP contribution in [0.1, 0.15) is 38.5 Å². The molecule has 0 heterocycles. The van der Waals surface area contributed by atoms with E-state index in [4.69, 9.17) is 4.55 Å². The Morgan fingerprint density at radius 3 is 2.27 bits per heavy atom. The van der Waals surface area contributed by atoms with E-state index < -0.39 is 39.0 Å². The van der Waals surface area contributed by atoms with E-state index in [1.165, 1.54) is 0 Å². The van der Waals surface area contributed by atoms with Crippen LogP contribution in [0.4, 0.5) is 22.0 Å². The lowest BCUT2D eigenvalue weighted by Gasteiger charge is -2.65. The summed E-state index contributed by atoms with van der Waals surface area (Å²) in [4.78, 5) is 12.6. The van der Waals surface area contributed by atoms with Crippen LogP contribution in [0.25, 0.3) is 0 Å². The Kier molecular flexibility index (Phi) is 3.46. The molecular weight excluding hydrogens is 387 g/mol. The third kappa shape index (κ3) is 2.22. The van der Waals surface area contributed by atoms with Crippen molar-refractivity contribution in [2.24, 2.45) is 28.6 Å². The summed E-state index contributed by atoms with van der Waals surface area (Å²) in [5, 5.41) is -5.68. The van der Waals surface area contributed by atoms with Crippen LogP contribution in [0.5, 0.6) is 0 Å². The van der Waals surface area contributed by atoms with Crippen LogP contribution < -0.4 is 0 Å². The van der Waals surface area contributed by atoms with Gasteiger partial charge in [0, 0.05) is 0 Å². The van der Waals surface area contributed by atoms with Gasteiger partial charge in [-0.25, -0.2) is 0 Å². The summed E-state index contributed by atoms with van der Waals surface area (Å²) in [6.45, 7) is 0. The smallest absolute Gasteiger partial charge is 0.432 e. The third-order valence-electron chi connectivity index (χ3n) is 6.93. The molecule has 6 atom stereocenters. The summed E-state index contributed by atoms with van der Waals surface area (Å²) in [6, 6.07) is 0. The zero-order chi connectivity index (χ0) is 19.3. The number of hydrogen-bond donors (Lipinski definition) is 1. The molecule has 4 bridgehead atoms. The second-order valence-corrected chi connectivity index (χ2v) is 9.92. The van der Waals surface area contributed by atoms with Crippen molar-refractivity contribution < 1.29 is 44.5 Å². The quantitative estimate of drug-likeness (QED) is 0.442. The van der Waals surface area contributed by atoms with Gasteiger partial charge in [-0.15, -0.1) is 0 Å². The second kappa shape index (κ2) is 4.89. The van der Waals surface area contributed by atoms with Crippen molar-refractivity contribution in [2.45, 2.75) is 56.1 Å². The van der Waals surface area contributed by atoms with E-state index in [-0.39, 0.29) is 23.7 Å². The Morgan fingerprint density at radius 2 is 1.69 bits per heavy atom. The first-order chi connectivity index (χ1) is 11.7. The molecule has 4 aliphatic carbocycles. The highest BCUT2D eigenvalue weighted by Crippen LogP contribution is 2.80. The standard InChI is InChI=1S/C15H17F5O5S/c16-14(17,18)10(15(19,20)26(22,23)24)25-11(21)13-5-8-1-7-2-9(13)12(3-7,4-8)6-13/h7-10H,1-6H2,(H,22,23,24). The summed E-state index contributed by atoms with van der Waals surface area (Å²) in [5.41, 5.74) is -1.35. The predicted octanol–water partition coefficient (Wildman–Crippen LogP) is 3.16. The van der Waals surface area contributed by atoms with E-state index in [1.807, 2.05) is 0 Å². The molecule has 4 saturated carbocycles. The number of carbonyl (C=O) groups is 1. The monoisotopic (exact) mass is 404 g/mol. The minimum absolute atomic E-state index is 0.107. The first kappa shape index (κ1) is 18.4. The average Bonchev–Trinajstić information content (AvgIpc) is 2.60. The molecule has 1 spiro atoms. The summed E-state index contributed by atoms with van der Waals surface area (Å²) < 4.78 is 101. The Hall–Kier alpha value is -0.970. The number of fused-ring (bicyclic) bond motifs is 2. The minimum atomic E-state index is -6.42. The molecule has 0 aromatic rings. The van der Waals surface area contributed by atoms with E-state index in [2.05, 4.69) is 4.74 Å². The van der Waals surface area contributed by atoms with Crippen LogP contribution in [0, 0.1) is 28.6 Å². The molecule has 11 heteroatoms. The zero-order valence-electron chi connectivity index (χ0n) is 13.4. The van der Waals surface area contributed by atoms with E-state index in [1.54, 1.807) is 0 Å². The van der Waals surface area contributed by atoms with E-state index in [0.717, 1.165) is 19.3 Å². The van der Waals surface area contributed by atoms with Crippen molar-refractivity contribution in [2.75, 3.05) is 0 Å². The first-order valence-electron chi connectivity index (χ1n) is 8.34. The SMILES string of the molecule is O=C(OC(C(F)(F)F)C(F)(F)S(=O)(=O)O)C12CC3CC4CC1C(C4)(C3)C2. The molecule has 0 aromatic heterocycles. The highest BCUT2D eigenvalue weighted by atomic mass is 32.2. The van der Waals surface area contributed by atoms with Crippen molar-refractivity contribution in [3.63, 3.8) is 0 Å². The van der Waals surface area contributed by atoms with Gasteiger partial charge < -0.3 is 4.74 Å². The lowest BCUT2D eigenvalue weighted by Crippen LogP contribution is -2.65. The van der Waals surface area contributed by atoms with E-state index in [0.29, 0.717) is 18.8 Å². The minimum Gasteiger partial charge on any atom is -0.444 e.